The van der Waals surface area contributed by atoms with Gasteiger partial charge in [0.2, 0.25) is 0 Å². The monoisotopic (exact) mass is 472 g/mol. The van der Waals surface area contributed by atoms with Crippen molar-refractivity contribution in [3.63, 3.8) is 0 Å². The van der Waals surface area contributed by atoms with Crippen LogP contribution in [0.2, 0.25) is 0 Å². The number of rotatable bonds is 9. The molecule has 1 aliphatic heterocycles. The van der Waals surface area contributed by atoms with E-state index in [1.165, 1.54) is 19.2 Å². The van der Waals surface area contributed by atoms with E-state index in [9.17, 15) is 9.18 Å². The van der Waals surface area contributed by atoms with Crippen molar-refractivity contribution in [1.29, 1.82) is 0 Å². The van der Waals surface area contributed by atoms with Crippen LogP contribution < -0.4 is 14.8 Å². The molecule has 3 aromatic rings. The van der Waals surface area contributed by atoms with Crippen LogP contribution in [0.3, 0.4) is 0 Å². The lowest BCUT2D eigenvalue weighted by Crippen LogP contribution is -2.41. The van der Waals surface area contributed by atoms with Gasteiger partial charge in [-0.1, -0.05) is 12.1 Å². The Kier molecular flexibility index (Phi) is 7.82. The number of ether oxygens (including phenoxy) is 3. The van der Waals surface area contributed by atoms with E-state index >= 15 is 0 Å². The lowest BCUT2D eigenvalue weighted by molar-refractivity contribution is 0.0383. The van der Waals surface area contributed by atoms with Crippen LogP contribution >= 0.6 is 11.5 Å². The van der Waals surface area contributed by atoms with Crippen LogP contribution in [0.15, 0.2) is 42.5 Å². The molecule has 33 heavy (non-hydrogen) atoms. The average Bonchev–Trinajstić information content (AvgIpc) is 3.27. The Bertz CT molecular complexity index is 1070. The molecule has 0 unspecified atom stereocenters. The Hall–Kier alpha value is -3.08. The maximum Gasteiger partial charge on any atom is 0.298 e. The molecule has 10 heteroatoms. The van der Waals surface area contributed by atoms with Gasteiger partial charge in [0.25, 0.3) is 11.1 Å². The molecule has 8 nitrogen and oxygen atoms in total. The number of benzene rings is 2. The van der Waals surface area contributed by atoms with E-state index in [-0.39, 0.29) is 11.7 Å². The lowest BCUT2D eigenvalue weighted by Gasteiger charge is -2.26. The Balaban J connectivity index is 1.37. The van der Waals surface area contributed by atoms with Crippen LogP contribution in [0.5, 0.6) is 16.7 Å². The normalized spacial score (nSPS) is 14.1. The number of nitrogens with one attached hydrogen (secondary N) is 1. The van der Waals surface area contributed by atoms with Crippen molar-refractivity contribution in [2.24, 2.45) is 0 Å². The molecule has 0 spiro atoms. The van der Waals surface area contributed by atoms with Crippen LogP contribution in [0.4, 0.5) is 4.39 Å². The second kappa shape index (κ2) is 11.2. The van der Waals surface area contributed by atoms with Crippen molar-refractivity contribution in [2.45, 2.75) is 6.42 Å². The van der Waals surface area contributed by atoms with Gasteiger partial charge in [0.15, 0.2) is 17.3 Å². The molecule has 4 rings (SSSR count). The number of hydrogen-bond acceptors (Lipinski definition) is 8. The Morgan fingerprint density at radius 3 is 2.73 bits per heavy atom. The highest BCUT2D eigenvalue weighted by atomic mass is 32.1. The number of nitrogens with zero attached hydrogens (tertiary/aromatic N) is 3. The number of morpholine rings is 1. The summed E-state index contributed by atoms with van der Waals surface area (Å²) in [6.07, 6.45) is 0.461. The second-order valence-electron chi connectivity index (χ2n) is 7.46. The molecule has 2 heterocycles. The average molecular weight is 473 g/mol. The summed E-state index contributed by atoms with van der Waals surface area (Å²) in [6.45, 7) is 4.53. The number of hydrogen-bond donors (Lipinski definition) is 1. The summed E-state index contributed by atoms with van der Waals surface area (Å²) in [7, 11) is 1.53. The zero-order chi connectivity index (χ0) is 23.0. The summed E-state index contributed by atoms with van der Waals surface area (Å²) in [6, 6.07) is 11.2. The van der Waals surface area contributed by atoms with Gasteiger partial charge in [0.05, 0.1) is 20.3 Å². The van der Waals surface area contributed by atoms with E-state index < -0.39 is 0 Å². The van der Waals surface area contributed by atoms with E-state index in [2.05, 4.69) is 19.6 Å². The molecule has 0 aliphatic carbocycles. The molecule has 2 aromatic carbocycles. The van der Waals surface area contributed by atoms with E-state index in [1.807, 2.05) is 0 Å². The minimum Gasteiger partial charge on any atom is -0.493 e. The summed E-state index contributed by atoms with van der Waals surface area (Å²) in [5.41, 5.74) is 1.36. The van der Waals surface area contributed by atoms with Gasteiger partial charge in [-0.3, -0.25) is 9.69 Å². The highest BCUT2D eigenvalue weighted by Gasteiger charge is 2.15. The molecule has 0 atom stereocenters. The smallest absolute Gasteiger partial charge is 0.298 e. The molecule has 1 aromatic heterocycles. The van der Waals surface area contributed by atoms with Crippen molar-refractivity contribution in [1.82, 2.24) is 19.6 Å². The minimum absolute atomic E-state index is 0.190. The van der Waals surface area contributed by atoms with E-state index in [1.54, 1.807) is 30.3 Å². The van der Waals surface area contributed by atoms with Crippen LogP contribution in [0, 0.1) is 5.82 Å². The highest BCUT2D eigenvalue weighted by molar-refractivity contribution is 7.07. The van der Waals surface area contributed by atoms with E-state index in [0.717, 1.165) is 49.9 Å². The number of carbonyl (C=O) groups excluding carboxylic acids is 1. The van der Waals surface area contributed by atoms with Gasteiger partial charge in [-0.2, -0.15) is 9.36 Å². The number of methoxy groups -OCH3 is 1. The van der Waals surface area contributed by atoms with Gasteiger partial charge in [0.1, 0.15) is 5.82 Å². The predicted octanol–water partition coefficient (Wildman–Crippen LogP) is 3.13. The van der Waals surface area contributed by atoms with Gasteiger partial charge in [-0.25, -0.2) is 4.39 Å². The molecule has 0 saturated carbocycles. The molecular weight excluding hydrogens is 447 g/mol. The first-order chi connectivity index (χ1) is 16.1. The Morgan fingerprint density at radius 2 is 1.97 bits per heavy atom. The largest absolute Gasteiger partial charge is 0.493 e. The maximum atomic E-state index is 13.1. The molecule has 1 aliphatic rings. The SMILES string of the molecule is COc1ccc(C(=O)NCCN2CCOCC2)cc1Oc1nc(Cc2ccc(F)cc2)ns1. The summed E-state index contributed by atoms with van der Waals surface area (Å²) < 4.78 is 34.0. The predicted molar refractivity (Wildman–Crippen MR) is 122 cm³/mol. The fraction of sp³-hybridized carbons (Fsp3) is 0.348. The molecule has 1 N–H and O–H groups in total. The lowest BCUT2D eigenvalue weighted by atomic mass is 10.1. The first kappa shape index (κ1) is 23.1. The number of aromatic nitrogens is 2. The van der Waals surface area contributed by atoms with Crippen LogP contribution in [0.25, 0.3) is 0 Å². The topological polar surface area (TPSA) is 85.8 Å². The summed E-state index contributed by atoms with van der Waals surface area (Å²) in [5.74, 6) is 0.951. The molecule has 1 saturated heterocycles. The van der Waals surface area contributed by atoms with E-state index in [0.29, 0.717) is 41.0 Å². The third-order valence-corrected chi connectivity index (χ3v) is 5.80. The van der Waals surface area contributed by atoms with Gasteiger partial charge >= 0.3 is 0 Å². The molecule has 1 fully saturated rings. The minimum atomic E-state index is -0.286. The van der Waals surface area contributed by atoms with Gasteiger partial charge in [-0.15, -0.1) is 0 Å². The first-order valence-electron chi connectivity index (χ1n) is 10.6. The number of amides is 1. The molecule has 0 radical (unpaired) electrons. The van der Waals surface area contributed by atoms with Crippen molar-refractivity contribution < 1.29 is 23.4 Å². The fourth-order valence-corrected chi connectivity index (χ4v) is 3.94. The number of carbonyl (C=O) groups is 1. The van der Waals surface area contributed by atoms with Crippen LogP contribution in [0.1, 0.15) is 21.7 Å². The number of halogens is 1. The van der Waals surface area contributed by atoms with Crippen LogP contribution in [-0.2, 0) is 11.2 Å². The standard InChI is InChI=1S/C23H25FN4O4S/c1-30-19-7-4-17(22(29)25-8-9-28-10-12-31-13-11-28)15-20(19)32-23-26-21(27-33-23)14-16-2-5-18(24)6-3-16/h2-7,15H,8-14H2,1H3,(H,25,29). The quantitative estimate of drug-likeness (QED) is 0.512. The fourth-order valence-electron chi connectivity index (χ4n) is 3.38. The zero-order valence-electron chi connectivity index (χ0n) is 18.3. The van der Waals surface area contributed by atoms with Gasteiger partial charge in [0, 0.05) is 49.7 Å². The third-order valence-electron chi connectivity index (χ3n) is 5.17. The molecule has 1 amide bonds. The first-order valence-corrected chi connectivity index (χ1v) is 11.4. The van der Waals surface area contributed by atoms with Crippen molar-refractivity contribution in [3.05, 3.63) is 65.2 Å². The Labute approximate surface area is 195 Å². The van der Waals surface area contributed by atoms with Gasteiger partial charge < -0.3 is 19.5 Å². The second-order valence-corrected chi connectivity index (χ2v) is 8.17. The van der Waals surface area contributed by atoms with Gasteiger partial charge in [-0.05, 0) is 35.9 Å². The third kappa shape index (κ3) is 6.47. The van der Waals surface area contributed by atoms with E-state index in [4.69, 9.17) is 14.2 Å². The molecule has 174 valence electrons. The molecule has 0 bridgehead atoms. The highest BCUT2D eigenvalue weighted by Crippen LogP contribution is 2.33. The summed E-state index contributed by atoms with van der Waals surface area (Å²) in [5, 5.41) is 3.27. The van der Waals surface area contributed by atoms with Crippen molar-refractivity contribution in [3.8, 4) is 16.7 Å². The Morgan fingerprint density at radius 1 is 1.18 bits per heavy atom. The van der Waals surface area contributed by atoms with Crippen LogP contribution in [-0.4, -0.2) is 66.7 Å². The maximum absolute atomic E-state index is 13.1. The summed E-state index contributed by atoms with van der Waals surface area (Å²) >= 11 is 1.10. The zero-order valence-corrected chi connectivity index (χ0v) is 19.1. The van der Waals surface area contributed by atoms with Crippen molar-refractivity contribution >= 4 is 17.4 Å². The van der Waals surface area contributed by atoms with Crippen molar-refractivity contribution in [2.75, 3.05) is 46.5 Å². The molecular formula is C23H25FN4O4S. The summed E-state index contributed by atoms with van der Waals surface area (Å²) in [4.78, 5) is 19.3.